The Balaban J connectivity index is 2.17. The predicted molar refractivity (Wildman–Crippen MR) is 80.8 cm³/mol. The van der Waals surface area contributed by atoms with Crippen molar-refractivity contribution in [3.05, 3.63) is 29.8 Å². The topological polar surface area (TPSA) is 55.6 Å². The van der Waals surface area contributed by atoms with Gasteiger partial charge in [-0.15, -0.1) is 0 Å². The van der Waals surface area contributed by atoms with Gasteiger partial charge in [0.25, 0.3) is 0 Å². The number of carbonyl (C=O) groups is 1. The van der Waals surface area contributed by atoms with Crippen molar-refractivity contribution in [3.63, 3.8) is 0 Å². The number of methoxy groups -OCH3 is 1. The maximum atomic E-state index is 11.8. The molecule has 20 heavy (non-hydrogen) atoms. The lowest BCUT2D eigenvalue weighted by atomic mass is 9.99. The van der Waals surface area contributed by atoms with Crippen LogP contribution < -0.4 is 10.6 Å². The van der Waals surface area contributed by atoms with E-state index in [1.54, 1.807) is 0 Å². The van der Waals surface area contributed by atoms with Crippen molar-refractivity contribution >= 4 is 11.7 Å². The predicted octanol–water partition coefficient (Wildman–Crippen LogP) is 2.24. The second-order valence-corrected chi connectivity index (χ2v) is 5.67. The Bertz CT molecular complexity index is 489. The summed E-state index contributed by atoms with van der Waals surface area (Å²) in [5, 5.41) is 0. The first-order valence-corrected chi connectivity index (χ1v) is 7.21. The normalized spacial score (nSPS) is 25.5. The van der Waals surface area contributed by atoms with Crippen LogP contribution in [0.3, 0.4) is 0 Å². The minimum absolute atomic E-state index is 0.291. The van der Waals surface area contributed by atoms with Crippen molar-refractivity contribution in [3.8, 4) is 0 Å². The van der Waals surface area contributed by atoms with Gasteiger partial charge in [-0.3, -0.25) is 4.79 Å². The number of aryl methyl sites for hydroxylation is 1. The first-order chi connectivity index (χ1) is 9.50. The number of anilines is 1. The third kappa shape index (κ3) is 2.80. The number of carbonyl (C=O) groups excluding carboxylic acids is 1. The molecule has 0 bridgehead atoms. The van der Waals surface area contributed by atoms with Crippen LogP contribution in [-0.2, 0) is 9.53 Å². The van der Waals surface area contributed by atoms with Crippen LogP contribution in [0.5, 0.6) is 0 Å². The van der Waals surface area contributed by atoms with Gasteiger partial charge in [0, 0.05) is 18.3 Å². The second kappa shape index (κ2) is 5.83. The van der Waals surface area contributed by atoms with Gasteiger partial charge in [-0.25, -0.2) is 0 Å². The molecule has 1 aliphatic carbocycles. The van der Waals surface area contributed by atoms with E-state index in [0.29, 0.717) is 18.9 Å². The Morgan fingerprint density at radius 1 is 1.55 bits per heavy atom. The highest BCUT2D eigenvalue weighted by Gasteiger charge is 2.44. The zero-order chi connectivity index (χ0) is 14.8. The number of hydrogen-bond acceptors (Lipinski definition) is 4. The average Bonchev–Trinajstić information content (AvgIpc) is 2.82. The van der Waals surface area contributed by atoms with E-state index in [9.17, 15) is 4.79 Å². The van der Waals surface area contributed by atoms with E-state index in [1.165, 1.54) is 18.4 Å². The third-order valence-electron chi connectivity index (χ3n) is 4.23. The highest BCUT2D eigenvalue weighted by molar-refractivity contribution is 5.81. The summed E-state index contributed by atoms with van der Waals surface area (Å²) >= 11 is 0. The fourth-order valence-electron chi connectivity index (χ4n) is 3.16. The van der Waals surface area contributed by atoms with Gasteiger partial charge in [-0.2, -0.15) is 0 Å². The molecule has 0 aromatic heterocycles. The van der Waals surface area contributed by atoms with Crippen LogP contribution >= 0.6 is 0 Å². The Labute approximate surface area is 120 Å². The molecule has 1 saturated carbocycles. The van der Waals surface area contributed by atoms with Gasteiger partial charge in [-0.05, 0) is 50.8 Å². The average molecular weight is 276 g/mol. The molecule has 0 spiro atoms. The van der Waals surface area contributed by atoms with Crippen LogP contribution in [0, 0.1) is 6.92 Å². The summed E-state index contributed by atoms with van der Waals surface area (Å²) in [4.78, 5) is 14.2. The van der Waals surface area contributed by atoms with E-state index in [1.807, 2.05) is 0 Å². The number of nitrogens with zero attached hydrogens (tertiary/aromatic N) is 1. The number of nitrogens with two attached hydrogens (primary N) is 1. The molecule has 0 radical (unpaired) electrons. The molecule has 110 valence electrons. The number of hydrogen-bond donors (Lipinski definition) is 1. The van der Waals surface area contributed by atoms with Gasteiger partial charge in [0.1, 0.15) is 5.54 Å². The van der Waals surface area contributed by atoms with E-state index in [4.69, 9.17) is 10.5 Å². The lowest BCUT2D eigenvalue weighted by molar-refractivity contribution is -0.146. The van der Waals surface area contributed by atoms with E-state index in [-0.39, 0.29) is 5.97 Å². The monoisotopic (exact) mass is 276 g/mol. The molecule has 0 aliphatic heterocycles. The quantitative estimate of drug-likeness (QED) is 0.857. The van der Waals surface area contributed by atoms with Crippen LogP contribution in [0.25, 0.3) is 0 Å². The maximum absolute atomic E-state index is 11.8. The van der Waals surface area contributed by atoms with Crippen LogP contribution in [0.15, 0.2) is 24.3 Å². The molecular weight excluding hydrogens is 252 g/mol. The maximum Gasteiger partial charge on any atom is 0.325 e. The van der Waals surface area contributed by atoms with Crippen LogP contribution in [-0.4, -0.2) is 31.2 Å². The molecule has 4 heteroatoms. The zero-order valence-corrected chi connectivity index (χ0v) is 12.6. The molecular formula is C16H24N2O2. The Morgan fingerprint density at radius 2 is 2.30 bits per heavy atom. The van der Waals surface area contributed by atoms with Crippen molar-refractivity contribution in [2.75, 3.05) is 18.6 Å². The summed E-state index contributed by atoms with van der Waals surface area (Å²) in [5.74, 6) is -0.291. The molecule has 2 atom stereocenters. The lowest BCUT2D eigenvalue weighted by Gasteiger charge is -2.31. The fraction of sp³-hybridized carbons (Fsp3) is 0.562. The number of rotatable bonds is 4. The first kappa shape index (κ1) is 14.9. The summed E-state index contributed by atoms with van der Waals surface area (Å²) < 4.78 is 4.84. The van der Waals surface area contributed by atoms with Crippen molar-refractivity contribution in [2.24, 2.45) is 5.73 Å². The van der Waals surface area contributed by atoms with Crippen LogP contribution in [0.4, 0.5) is 5.69 Å². The molecule has 0 amide bonds. The molecule has 4 nitrogen and oxygen atoms in total. The van der Waals surface area contributed by atoms with Crippen molar-refractivity contribution in [1.29, 1.82) is 0 Å². The largest absolute Gasteiger partial charge is 0.468 e. The molecule has 2 rings (SSSR count). The van der Waals surface area contributed by atoms with Gasteiger partial charge in [0.2, 0.25) is 0 Å². The summed E-state index contributed by atoms with van der Waals surface area (Å²) in [6.07, 6.45) is 2.27. The van der Waals surface area contributed by atoms with Gasteiger partial charge < -0.3 is 15.4 Å². The molecule has 2 N–H and O–H groups in total. The molecule has 0 heterocycles. The minimum Gasteiger partial charge on any atom is -0.468 e. The molecule has 2 unspecified atom stereocenters. The highest BCUT2D eigenvalue weighted by Crippen LogP contribution is 2.34. The van der Waals surface area contributed by atoms with Crippen LogP contribution in [0.1, 0.15) is 31.7 Å². The van der Waals surface area contributed by atoms with Crippen molar-refractivity contribution < 1.29 is 9.53 Å². The molecule has 1 fully saturated rings. The highest BCUT2D eigenvalue weighted by atomic mass is 16.5. The number of benzene rings is 1. The van der Waals surface area contributed by atoms with Crippen molar-refractivity contribution in [2.45, 2.75) is 44.7 Å². The van der Waals surface area contributed by atoms with E-state index in [2.05, 4.69) is 43.0 Å². The summed E-state index contributed by atoms with van der Waals surface area (Å²) in [7, 11) is 1.41. The van der Waals surface area contributed by atoms with Crippen LogP contribution in [0.2, 0.25) is 0 Å². The summed E-state index contributed by atoms with van der Waals surface area (Å²) in [5.41, 5.74) is 7.82. The van der Waals surface area contributed by atoms with Gasteiger partial charge >= 0.3 is 5.97 Å². The molecule has 1 aromatic rings. The summed E-state index contributed by atoms with van der Waals surface area (Å²) in [6.45, 7) is 5.13. The van der Waals surface area contributed by atoms with E-state index >= 15 is 0 Å². The van der Waals surface area contributed by atoms with Gasteiger partial charge in [0.15, 0.2) is 0 Å². The second-order valence-electron chi connectivity index (χ2n) is 5.67. The number of ether oxygens (including phenoxy) is 1. The summed E-state index contributed by atoms with van der Waals surface area (Å²) in [6, 6.07) is 8.75. The molecule has 1 aliphatic rings. The zero-order valence-electron chi connectivity index (χ0n) is 12.6. The Hall–Kier alpha value is -1.55. The number of esters is 1. The van der Waals surface area contributed by atoms with Gasteiger partial charge in [-0.1, -0.05) is 12.1 Å². The van der Waals surface area contributed by atoms with E-state index < -0.39 is 5.54 Å². The van der Waals surface area contributed by atoms with Crippen molar-refractivity contribution in [1.82, 2.24) is 0 Å². The SMILES string of the molecule is CCN(c1cccc(C)c1)C1CCC(N)(C(=O)OC)C1. The first-order valence-electron chi connectivity index (χ1n) is 7.21. The Kier molecular flexibility index (Phi) is 4.33. The fourth-order valence-corrected chi connectivity index (χ4v) is 3.16. The third-order valence-corrected chi connectivity index (χ3v) is 4.23. The Morgan fingerprint density at radius 3 is 2.90 bits per heavy atom. The lowest BCUT2D eigenvalue weighted by Crippen LogP contribution is -2.48. The standard InChI is InChI=1S/C16H24N2O2/c1-4-18(13-7-5-6-12(2)10-13)14-8-9-16(17,11-14)15(19)20-3/h5-7,10,14H,4,8-9,11,17H2,1-3H3. The van der Waals surface area contributed by atoms with Gasteiger partial charge in [0.05, 0.1) is 7.11 Å². The van der Waals surface area contributed by atoms with E-state index in [0.717, 1.165) is 13.0 Å². The molecule has 0 saturated heterocycles. The molecule has 1 aromatic carbocycles. The smallest absolute Gasteiger partial charge is 0.325 e. The minimum atomic E-state index is -0.823.